The van der Waals surface area contributed by atoms with Gasteiger partial charge in [0.1, 0.15) is 0 Å². The first-order valence-electron chi connectivity index (χ1n) is 6.73. The molecule has 1 heterocycles. The molecule has 0 saturated heterocycles. The van der Waals surface area contributed by atoms with Gasteiger partial charge in [0.2, 0.25) is 0 Å². The molecule has 0 spiro atoms. The number of benzene rings is 1. The second-order valence-corrected chi connectivity index (χ2v) is 6.26. The number of nitrogens with two attached hydrogens (primary N) is 1. The van der Waals surface area contributed by atoms with Crippen molar-refractivity contribution >= 4 is 26.8 Å². The van der Waals surface area contributed by atoms with Crippen LogP contribution in [0, 0.1) is 0 Å². The summed E-state index contributed by atoms with van der Waals surface area (Å²) in [5.41, 5.74) is 9.00. The molecular formula is C15H19BrN2. The van der Waals surface area contributed by atoms with Gasteiger partial charge in [-0.2, -0.15) is 0 Å². The van der Waals surface area contributed by atoms with E-state index in [1.54, 1.807) is 0 Å². The zero-order valence-corrected chi connectivity index (χ0v) is 12.1. The minimum absolute atomic E-state index is 0.183. The number of aromatic amines is 1. The minimum atomic E-state index is 0.183. The highest BCUT2D eigenvalue weighted by Crippen LogP contribution is 2.42. The Labute approximate surface area is 116 Å². The third-order valence-corrected chi connectivity index (χ3v) is 5.09. The van der Waals surface area contributed by atoms with Gasteiger partial charge < -0.3 is 10.7 Å². The molecular weight excluding hydrogens is 288 g/mol. The summed E-state index contributed by atoms with van der Waals surface area (Å²) in [5, 5.41) is 1.27. The fourth-order valence-corrected chi connectivity index (χ4v) is 3.82. The molecule has 0 aliphatic heterocycles. The Balaban J connectivity index is 2.17. The summed E-state index contributed by atoms with van der Waals surface area (Å²) in [5.74, 6) is 0. The number of para-hydroxylation sites is 1. The lowest BCUT2D eigenvalue weighted by atomic mass is 9.69. The molecule has 0 amide bonds. The molecule has 0 unspecified atom stereocenters. The first-order chi connectivity index (χ1) is 8.77. The molecule has 1 aliphatic rings. The van der Waals surface area contributed by atoms with Crippen LogP contribution in [0.5, 0.6) is 0 Å². The van der Waals surface area contributed by atoms with Gasteiger partial charge in [0.05, 0.1) is 5.52 Å². The smallest absolute Gasteiger partial charge is 0.0504 e. The summed E-state index contributed by atoms with van der Waals surface area (Å²) in [4.78, 5) is 3.41. The minimum Gasteiger partial charge on any atom is -0.360 e. The summed E-state index contributed by atoms with van der Waals surface area (Å²) >= 11 is 3.60. The van der Waals surface area contributed by atoms with Gasteiger partial charge in [-0.3, -0.25) is 0 Å². The fraction of sp³-hybridized carbons (Fsp3) is 0.467. The maximum Gasteiger partial charge on any atom is 0.0504 e. The first kappa shape index (κ1) is 12.2. The molecule has 0 bridgehead atoms. The van der Waals surface area contributed by atoms with E-state index in [0.717, 1.165) is 11.0 Å². The van der Waals surface area contributed by atoms with Gasteiger partial charge >= 0.3 is 0 Å². The Morgan fingerprint density at radius 2 is 2.00 bits per heavy atom. The van der Waals surface area contributed by atoms with E-state index in [1.165, 1.54) is 48.6 Å². The first-order valence-corrected chi connectivity index (χ1v) is 7.52. The van der Waals surface area contributed by atoms with Crippen LogP contribution in [0.1, 0.15) is 37.7 Å². The van der Waals surface area contributed by atoms with E-state index in [9.17, 15) is 0 Å². The topological polar surface area (TPSA) is 41.8 Å². The third-order valence-electron chi connectivity index (χ3n) is 4.44. The van der Waals surface area contributed by atoms with Gasteiger partial charge in [0.25, 0.3) is 0 Å². The van der Waals surface area contributed by atoms with Crippen molar-refractivity contribution in [1.29, 1.82) is 0 Å². The maximum absolute atomic E-state index is 6.14. The van der Waals surface area contributed by atoms with Crippen LogP contribution in [0.3, 0.4) is 0 Å². The Morgan fingerprint density at radius 1 is 1.22 bits per heavy atom. The van der Waals surface area contributed by atoms with Crippen LogP contribution in [0.4, 0.5) is 0 Å². The Hall–Kier alpha value is -0.800. The van der Waals surface area contributed by atoms with Crippen LogP contribution in [-0.4, -0.2) is 11.5 Å². The molecule has 3 rings (SSSR count). The zero-order chi connectivity index (χ0) is 12.6. The van der Waals surface area contributed by atoms with E-state index in [-0.39, 0.29) is 5.41 Å². The van der Waals surface area contributed by atoms with Gasteiger partial charge in [0.15, 0.2) is 0 Å². The maximum atomic E-state index is 6.14. The number of fused-ring (bicyclic) bond motifs is 1. The van der Waals surface area contributed by atoms with Gasteiger partial charge in [-0.05, 0) is 34.3 Å². The second kappa shape index (κ2) is 4.71. The lowest BCUT2D eigenvalue weighted by Crippen LogP contribution is -2.37. The van der Waals surface area contributed by atoms with Gasteiger partial charge in [-0.15, -0.1) is 0 Å². The molecule has 18 heavy (non-hydrogen) atoms. The van der Waals surface area contributed by atoms with E-state index >= 15 is 0 Å². The molecule has 2 nitrogen and oxygen atoms in total. The van der Waals surface area contributed by atoms with Crippen molar-refractivity contribution in [2.75, 3.05) is 6.54 Å². The molecule has 96 valence electrons. The fourth-order valence-electron chi connectivity index (χ4n) is 3.37. The molecule has 1 aromatic heterocycles. The molecule has 2 aromatic rings. The number of aromatic nitrogens is 1. The molecule has 0 atom stereocenters. The van der Waals surface area contributed by atoms with Crippen molar-refractivity contribution in [2.24, 2.45) is 5.73 Å². The normalized spacial score (nSPS) is 19.2. The number of nitrogens with one attached hydrogen (secondary N) is 1. The van der Waals surface area contributed by atoms with Crippen molar-refractivity contribution in [3.63, 3.8) is 0 Å². The standard InChI is InChI=1S/C15H19BrN2/c16-13-9-18-14-11(13)5-4-6-12(14)15(10-17)7-2-1-3-8-15/h4-6,9,18H,1-3,7-8,10,17H2. The number of H-pyrrole nitrogens is 1. The van der Waals surface area contributed by atoms with E-state index in [1.807, 2.05) is 6.20 Å². The van der Waals surface area contributed by atoms with Crippen LogP contribution in [0.2, 0.25) is 0 Å². The largest absolute Gasteiger partial charge is 0.360 e. The summed E-state index contributed by atoms with van der Waals surface area (Å²) in [6.07, 6.45) is 8.43. The summed E-state index contributed by atoms with van der Waals surface area (Å²) < 4.78 is 1.14. The predicted octanol–water partition coefficient (Wildman–Crippen LogP) is 4.09. The van der Waals surface area contributed by atoms with Gasteiger partial charge in [-0.1, -0.05) is 37.5 Å². The monoisotopic (exact) mass is 306 g/mol. The van der Waals surface area contributed by atoms with Crippen molar-refractivity contribution in [3.05, 3.63) is 34.4 Å². The Bertz CT molecular complexity index is 553. The molecule has 1 saturated carbocycles. The van der Waals surface area contributed by atoms with Crippen molar-refractivity contribution in [1.82, 2.24) is 4.98 Å². The predicted molar refractivity (Wildman–Crippen MR) is 79.8 cm³/mol. The molecule has 0 radical (unpaired) electrons. The Kier molecular flexibility index (Phi) is 3.20. The molecule has 3 heteroatoms. The summed E-state index contributed by atoms with van der Waals surface area (Å²) in [6, 6.07) is 6.57. The highest BCUT2D eigenvalue weighted by Gasteiger charge is 2.34. The SMILES string of the molecule is NCC1(c2cccc3c(Br)c[nH]c23)CCCCC1. The highest BCUT2D eigenvalue weighted by molar-refractivity contribution is 9.10. The molecule has 1 aromatic carbocycles. The van der Waals surface area contributed by atoms with E-state index in [2.05, 4.69) is 39.1 Å². The zero-order valence-electron chi connectivity index (χ0n) is 10.5. The lowest BCUT2D eigenvalue weighted by molar-refractivity contribution is 0.302. The number of rotatable bonds is 2. The number of hydrogen-bond acceptors (Lipinski definition) is 1. The van der Waals surface area contributed by atoms with Crippen molar-refractivity contribution in [2.45, 2.75) is 37.5 Å². The van der Waals surface area contributed by atoms with E-state index < -0.39 is 0 Å². The van der Waals surface area contributed by atoms with Crippen molar-refractivity contribution < 1.29 is 0 Å². The van der Waals surface area contributed by atoms with E-state index in [4.69, 9.17) is 5.73 Å². The highest BCUT2D eigenvalue weighted by atomic mass is 79.9. The average Bonchev–Trinajstić information content (AvgIpc) is 2.81. The number of hydrogen-bond donors (Lipinski definition) is 2. The summed E-state index contributed by atoms with van der Waals surface area (Å²) in [7, 11) is 0. The molecule has 3 N–H and O–H groups in total. The molecule has 1 aliphatic carbocycles. The lowest BCUT2D eigenvalue weighted by Gasteiger charge is -2.37. The Morgan fingerprint density at radius 3 is 2.72 bits per heavy atom. The average molecular weight is 307 g/mol. The van der Waals surface area contributed by atoms with Crippen LogP contribution < -0.4 is 5.73 Å². The van der Waals surface area contributed by atoms with Crippen LogP contribution in [0.15, 0.2) is 28.9 Å². The van der Waals surface area contributed by atoms with Crippen LogP contribution >= 0.6 is 15.9 Å². The van der Waals surface area contributed by atoms with Crippen molar-refractivity contribution in [3.8, 4) is 0 Å². The van der Waals surface area contributed by atoms with Gasteiger partial charge in [0, 0.05) is 28.0 Å². The molecule has 1 fully saturated rings. The van der Waals surface area contributed by atoms with Crippen LogP contribution in [-0.2, 0) is 5.41 Å². The quantitative estimate of drug-likeness (QED) is 0.862. The van der Waals surface area contributed by atoms with E-state index in [0.29, 0.717) is 0 Å². The van der Waals surface area contributed by atoms with Gasteiger partial charge in [-0.25, -0.2) is 0 Å². The summed E-state index contributed by atoms with van der Waals surface area (Å²) in [6.45, 7) is 0.753. The second-order valence-electron chi connectivity index (χ2n) is 5.41. The number of halogens is 1. The third kappa shape index (κ3) is 1.81. The van der Waals surface area contributed by atoms with Crippen LogP contribution in [0.25, 0.3) is 10.9 Å².